The fourth-order valence-corrected chi connectivity index (χ4v) is 2.21. The van der Waals surface area contributed by atoms with Crippen molar-refractivity contribution in [3.8, 4) is 0 Å². The zero-order chi connectivity index (χ0) is 13.1. The van der Waals surface area contributed by atoms with Crippen molar-refractivity contribution >= 4 is 11.8 Å². The number of hydrogen-bond acceptors (Lipinski definition) is 5. The smallest absolute Gasteiger partial charge is 0.373 e. The maximum Gasteiger partial charge on any atom is 0.373 e. The third-order valence-electron chi connectivity index (χ3n) is 3.18. The van der Waals surface area contributed by atoms with Crippen LogP contribution in [0.25, 0.3) is 0 Å². The van der Waals surface area contributed by atoms with Gasteiger partial charge in [-0.05, 0) is 25.0 Å². The molecular formula is C13H16O5. The lowest BCUT2D eigenvalue weighted by Crippen LogP contribution is -2.23. The summed E-state index contributed by atoms with van der Waals surface area (Å²) in [6.07, 6.45) is 1.44. The van der Waals surface area contributed by atoms with Crippen molar-refractivity contribution in [2.24, 2.45) is 5.92 Å². The SMILES string of the molecule is CCC1OCCC1C(=O)c1ccc(C(=O)OC)o1. The highest BCUT2D eigenvalue weighted by molar-refractivity contribution is 5.97. The number of ether oxygens (including phenoxy) is 2. The number of esters is 1. The molecule has 1 fully saturated rings. The number of Topliss-reactive ketones (excluding diaryl/α,β-unsaturated/α-hetero) is 1. The van der Waals surface area contributed by atoms with Gasteiger partial charge in [0.1, 0.15) is 0 Å². The summed E-state index contributed by atoms with van der Waals surface area (Å²) < 4.78 is 15.2. The van der Waals surface area contributed by atoms with E-state index < -0.39 is 5.97 Å². The van der Waals surface area contributed by atoms with E-state index in [4.69, 9.17) is 9.15 Å². The van der Waals surface area contributed by atoms with Crippen LogP contribution in [-0.4, -0.2) is 31.6 Å². The number of carbonyl (C=O) groups is 2. The molecule has 5 heteroatoms. The van der Waals surface area contributed by atoms with Gasteiger partial charge in [0.15, 0.2) is 5.76 Å². The van der Waals surface area contributed by atoms with Gasteiger partial charge in [-0.1, -0.05) is 6.92 Å². The van der Waals surface area contributed by atoms with E-state index in [9.17, 15) is 9.59 Å². The van der Waals surface area contributed by atoms with Gasteiger partial charge in [0.05, 0.1) is 19.1 Å². The molecule has 1 aliphatic rings. The standard InChI is InChI=1S/C13H16O5/c1-3-9-8(6-7-17-9)12(14)10-4-5-11(18-10)13(15)16-2/h4-5,8-9H,3,6-7H2,1-2H3. The molecule has 0 spiro atoms. The van der Waals surface area contributed by atoms with Gasteiger partial charge in [0.25, 0.3) is 0 Å². The van der Waals surface area contributed by atoms with Crippen molar-refractivity contribution in [3.63, 3.8) is 0 Å². The molecule has 1 aromatic rings. The molecular weight excluding hydrogens is 236 g/mol. The van der Waals surface area contributed by atoms with Crippen LogP contribution >= 0.6 is 0 Å². The Kier molecular flexibility index (Phi) is 3.81. The highest BCUT2D eigenvalue weighted by Crippen LogP contribution is 2.27. The lowest BCUT2D eigenvalue weighted by atomic mass is 9.93. The largest absolute Gasteiger partial charge is 0.463 e. The first kappa shape index (κ1) is 12.8. The van der Waals surface area contributed by atoms with Crippen LogP contribution in [0.4, 0.5) is 0 Å². The topological polar surface area (TPSA) is 65.7 Å². The lowest BCUT2D eigenvalue weighted by molar-refractivity contribution is 0.0559. The second-order valence-corrected chi connectivity index (χ2v) is 4.23. The van der Waals surface area contributed by atoms with E-state index in [0.29, 0.717) is 13.0 Å². The predicted molar refractivity (Wildman–Crippen MR) is 62.5 cm³/mol. The van der Waals surface area contributed by atoms with Gasteiger partial charge in [-0.3, -0.25) is 4.79 Å². The Morgan fingerprint density at radius 2 is 2.11 bits per heavy atom. The molecule has 2 unspecified atom stereocenters. The summed E-state index contributed by atoms with van der Waals surface area (Å²) in [6, 6.07) is 2.97. The second kappa shape index (κ2) is 5.35. The predicted octanol–water partition coefficient (Wildman–Crippen LogP) is 2.06. The summed E-state index contributed by atoms with van der Waals surface area (Å²) in [6.45, 7) is 2.58. The lowest BCUT2D eigenvalue weighted by Gasteiger charge is -2.13. The number of furan rings is 1. The Balaban J connectivity index is 2.14. The number of ketones is 1. The molecule has 18 heavy (non-hydrogen) atoms. The van der Waals surface area contributed by atoms with E-state index in [-0.39, 0.29) is 29.3 Å². The third-order valence-corrected chi connectivity index (χ3v) is 3.18. The van der Waals surface area contributed by atoms with Gasteiger partial charge in [-0.15, -0.1) is 0 Å². The summed E-state index contributed by atoms with van der Waals surface area (Å²) in [5.41, 5.74) is 0. The normalized spacial score (nSPS) is 23.0. The summed E-state index contributed by atoms with van der Waals surface area (Å²) in [4.78, 5) is 23.5. The van der Waals surface area contributed by atoms with Gasteiger partial charge < -0.3 is 13.9 Å². The number of rotatable bonds is 4. The fraction of sp³-hybridized carbons (Fsp3) is 0.538. The molecule has 2 atom stereocenters. The van der Waals surface area contributed by atoms with Crippen molar-refractivity contribution < 1.29 is 23.5 Å². The van der Waals surface area contributed by atoms with Gasteiger partial charge >= 0.3 is 5.97 Å². The van der Waals surface area contributed by atoms with Gasteiger partial charge in [-0.2, -0.15) is 0 Å². The zero-order valence-corrected chi connectivity index (χ0v) is 10.5. The van der Waals surface area contributed by atoms with Crippen LogP contribution in [0.1, 0.15) is 40.9 Å². The molecule has 5 nitrogen and oxygen atoms in total. The van der Waals surface area contributed by atoms with E-state index in [1.54, 1.807) is 0 Å². The average molecular weight is 252 g/mol. The van der Waals surface area contributed by atoms with Gasteiger partial charge in [-0.25, -0.2) is 4.79 Å². The van der Waals surface area contributed by atoms with Crippen molar-refractivity contribution in [2.75, 3.05) is 13.7 Å². The van der Waals surface area contributed by atoms with E-state index >= 15 is 0 Å². The molecule has 0 N–H and O–H groups in total. The van der Waals surface area contributed by atoms with E-state index in [1.165, 1.54) is 19.2 Å². The van der Waals surface area contributed by atoms with Crippen molar-refractivity contribution in [1.29, 1.82) is 0 Å². The second-order valence-electron chi connectivity index (χ2n) is 4.23. The summed E-state index contributed by atoms with van der Waals surface area (Å²) in [5.74, 6) is -0.609. The Morgan fingerprint density at radius 3 is 2.78 bits per heavy atom. The zero-order valence-electron chi connectivity index (χ0n) is 10.5. The Bertz CT molecular complexity index is 448. The maximum atomic E-state index is 12.2. The molecule has 1 saturated heterocycles. The Hall–Kier alpha value is -1.62. The van der Waals surface area contributed by atoms with E-state index in [2.05, 4.69) is 4.74 Å². The quantitative estimate of drug-likeness (QED) is 0.606. The monoisotopic (exact) mass is 252 g/mol. The van der Waals surface area contributed by atoms with Crippen LogP contribution in [0.2, 0.25) is 0 Å². The summed E-state index contributed by atoms with van der Waals surface area (Å²) >= 11 is 0. The van der Waals surface area contributed by atoms with Crippen molar-refractivity contribution in [1.82, 2.24) is 0 Å². The molecule has 2 rings (SSSR count). The first-order chi connectivity index (χ1) is 8.67. The molecule has 0 aromatic carbocycles. The molecule has 2 heterocycles. The van der Waals surface area contributed by atoms with Crippen LogP contribution in [0.3, 0.4) is 0 Å². The first-order valence-electron chi connectivity index (χ1n) is 6.01. The van der Waals surface area contributed by atoms with Gasteiger partial charge in [0.2, 0.25) is 11.5 Å². The maximum absolute atomic E-state index is 12.2. The summed E-state index contributed by atoms with van der Waals surface area (Å²) in [5, 5.41) is 0. The minimum Gasteiger partial charge on any atom is -0.463 e. The van der Waals surface area contributed by atoms with E-state index in [1.807, 2.05) is 6.92 Å². The third kappa shape index (κ3) is 2.31. The minimum absolute atomic E-state index is 0.0489. The Morgan fingerprint density at radius 1 is 1.39 bits per heavy atom. The Labute approximate surface area is 105 Å². The van der Waals surface area contributed by atoms with Crippen LogP contribution < -0.4 is 0 Å². The minimum atomic E-state index is -0.580. The van der Waals surface area contributed by atoms with Crippen LogP contribution in [0.5, 0.6) is 0 Å². The van der Waals surface area contributed by atoms with Crippen molar-refractivity contribution in [2.45, 2.75) is 25.9 Å². The number of methoxy groups -OCH3 is 1. The molecule has 0 amide bonds. The fourth-order valence-electron chi connectivity index (χ4n) is 2.21. The molecule has 0 radical (unpaired) electrons. The molecule has 0 bridgehead atoms. The van der Waals surface area contributed by atoms with Crippen LogP contribution in [0.15, 0.2) is 16.5 Å². The molecule has 1 aromatic heterocycles. The number of hydrogen-bond donors (Lipinski definition) is 0. The van der Waals surface area contributed by atoms with Crippen LogP contribution in [0, 0.1) is 5.92 Å². The highest BCUT2D eigenvalue weighted by Gasteiger charge is 2.35. The van der Waals surface area contributed by atoms with Gasteiger partial charge in [0, 0.05) is 6.61 Å². The molecule has 98 valence electrons. The first-order valence-corrected chi connectivity index (χ1v) is 6.01. The molecule has 0 saturated carbocycles. The van der Waals surface area contributed by atoms with E-state index in [0.717, 1.165) is 6.42 Å². The van der Waals surface area contributed by atoms with Crippen LogP contribution in [-0.2, 0) is 9.47 Å². The molecule has 1 aliphatic heterocycles. The summed E-state index contributed by atoms with van der Waals surface area (Å²) in [7, 11) is 1.27. The van der Waals surface area contributed by atoms with Crippen molar-refractivity contribution in [3.05, 3.63) is 23.7 Å². The molecule has 0 aliphatic carbocycles. The average Bonchev–Trinajstić information content (AvgIpc) is 3.05. The number of carbonyl (C=O) groups excluding carboxylic acids is 2. The highest BCUT2D eigenvalue weighted by atomic mass is 16.5.